The van der Waals surface area contributed by atoms with Crippen molar-refractivity contribution in [3.05, 3.63) is 47.5 Å². The van der Waals surface area contributed by atoms with Crippen LogP contribution in [0.5, 0.6) is 28.7 Å². The second-order valence-electron chi connectivity index (χ2n) is 6.94. The third-order valence-corrected chi connectivity index (χ3v) is 4.41. The van der Waals surface area contributed by atoms with Crippen molar-refractivity contribution in [3.63, 3.8) is 0 Å². The first-order valence-corrected chi connectivity index (χ1v) is 9.89. The molecular weight excluding hydrogens is 412 g/mol. The van der Waals surface area contributed by atoms with Crippen LogP contribution in [0, 0.1) is 11.3 Å². The normalized spacial score (nSPS) is 11.6. The van der Waals surface area contributed by atoms with Crippen molar-refractivity contribution < 1.29 is 28.5 Å². The molecule has 0 aliphatic heterocycles. The van der Waals surface area contributed by atoms with Crippen molar-refractivity contribution in [1.29, 1.82) is 5.26 Å². The van der Waals surface area contributed by atoms with Gasteiger partial charge in [0.1, 0.15) is 6.04 Å². The Labute approximate surface area is 188 Å². The van der Waals surface area contributed by atoms with Crippen LogP contribution in [-0.4, -0.2) is 40.5 Å². The van der Waals surface area contributed by atoms with Crippen molar-refractivity contribution in [3.8, 4) is 34.8 Å². The highest BCUT2D eigenvalue weighted by Crippen LogP contribution is 2.39. The number of benzene rings is 2. The molecule has 0 aliphatic carbocycles. The lowest BCUT2D eigenvalue weighted by atomic mass is 10.1. The number of ether oxygens (including phenoxy) is 5. The summed E-state index contributed by atoms with van der Waals surface area (Å²) in [6.45, 7) is 3.86. The molecule has 0 radical (unpaired) electrons. The number of nitrogens with one attached hydrogen (secondary N) is 1. The highest BCUT2D eigenvalue weighted by Gasteiger charge is 2.19. The van der Waals surface area contributed by atoms with Gasteiger partial charge in [0, 0.05) is 6.08 Å². The molecule has 0 aromatic heterocycles. The number of hydrogen-bond acceptors (Lipinski definition) is 7. The monoisotopic (exact) mass is 440 g/mol. The number of carbonyl (C=O) groups is 1. The van der Waals surface area contributed by atoms with Gasteiger partial charge in [0.05, 0.1) is 40.6 Å². The minimum Gasteiger partial charge on any atom is -0.493 e. The molecule has 0 saturated carbocycles. The Hall–Kier alpha value is -3.86. The molecule has 2 rings (SSSR count). The summed E-state index contributed by atoms with van der Waals surface area (Å²) in [6.07, 6.45) is 2.98. The van der Waals surface area contributed by atoms with E-state index in [9.17, 15) is 10.1 Å². The van der Waals surface area contributed by atoms with E-state index in [1.165, 1.54) is 27.4 Å². The molecule has 1 unspecified atom stereocenters. The standard InChI is InChI=1S/C24H28N2O6/c1-15(2)32-19-9-7-16(11-20(19)28-3)8-10-23(27)26-18(14-25)17-12-21(29-4)24(31-6)22(13-17)30-5/h7-13,15,18H,1-6H3,(H,26,27)/b10-8+. The van der Waals surface area contributed by atoms with Crippen LogP contribution >= 0.6 is 0 Å². The van der Waals surface area contributed by atoms with E-state index in [0.717, 1.165) is 5.56 Å². The lowest BCUT2D eigenvalue weighted by Crippen LogP contribution is -2.25. The van der Waals surface area contributed by atoms with E-state index in [2.05, 4.69) is 11.4 Å². The lowest BCUT2D eigenvalue weighted by molar-refractivity contribution is -0.116. The van der Waals surface area contributed by atoms with E-state index in [1.54, 1.807) is 37.5 Å². The number of methoxy groups -OCH3 is 4. The third-order valence-electron chi connectivity index (χ3n) is 4.41. The Morgan fingerprint density at radius 2 is 1.56 bits per heavy atom. The number of rotatable bonds is 10. The number of hydrogen-bond donors (Lipinski definition) is 1. The first-order chi connectivity index (χ1) is 15.4. The van der Waals surface area contributed by atoms with E-state index in [0.29, 0.717) is 34.3 Å². The Morgan fingerprint density at radius 3 is 2.06 bits per heavy atom. The van der Waals surface area contributed by atoms with Crippen LogP contribution in [0.1, 0.15) is 31.0 Å². The Morgan fingerprint density at radius 1 is 0.938 bits per heavy atom. The van der Waals surface area contributed by atoms with Crippen molar-refractivity contribution in [2.45, 2.75) is 26.0 Å². The molecule has 8 heteroatoms. The Bertz CT molecular complexity index is 985. The number of carbonyl (C=O) groups excluding carboxylic acids is 1. The predicted molar refractivity (Wildman–Crippen MR) is 120 cm³/mol. The second-order valence-corrected chi connectivity index (χ2v) is 6.94. The largest absolute Gasteiger partial charge is 0.493 e. The minimum absolute atomic E-state index is 0.00851. The molecule has 0 aliphatic rings. The summed E-state index contributed by atoms with van der Waals surface area (Å²) < 4.78 is 27.0. The average molecular weight is 440 g/mol. The maximum Gasteiger partial charge on any atom is 0.245 e. The van der Waals surface area contributed by atoms with Gasteiger partial charge in [0.15, 0.2) is 23.0 Å². The first-order valence-electron chi connectivity index (χ1n) is 9.89. The fourth-order valence-electron chi connectivity index (χ4n) is 2.96. The molecule has 1 N–H and O–H groups in total. The molecule has 0 heterocycles. The maximum absolute atomic E-state index is 12.5. The van der Waals surface area contributed by atoms with Crippen LogP contribution in [0.25, 0.3) is 6.08 Å². The van der Waals surface area contributed by atoms with Crippen LogP contribution in [0.2, 0.25) is 0 Å². The summed E-state index contributed by atoms with van der Waals surface area (Å²) in [7, 11) is 6.01. The van der Waals surface area contributed by atoms with Crippen molar-refractivity contribution in [1.82, 2.24) is 5.32 Å². The predicted octanol–water partition coefficient (Wildman–Crippen LogP) is 3.90. The van der Waals surface area contributed by atoms with Gasteiger partial charge >= 0.3 is 0 Å². The number of amides is 1. The van der Waals surface area contributed by atoms with Gasteiger partial charge in [-0.25, -0.2) is 0 Å². The molecule has 0 fully saturated rings. The van der Waals surface area contributed by atoms with Crippen LogP contribution in [0.15, 0.2) is 36.4 Å². The molecule has 2 aromatic carbocycles. The van der Waals surface area contributed by atoms with Crippen LogP contribution in [0.3, 0.4) is 0 Å². The first kappa shape index (κ1) is 24.4. The van der Waals surface area contributed by atoms with Crippen molar-refractivity contribution >= 4 is 12.0 Å². The molecule has 32 heavy (non-hydrogen) atoms. The summed E-state index contributed by atoms with van der Waals surface area (Å²) in [4.78, 5) is 12.5. The zero-order valence-electron chi connectivity index (χ0n) is 19.1. The van der Waals surface area contributed by atoms with Crippen LogP contribution in [0.4, 0.5) is 0 Å². The molecule has 0 saturated heterocycles. The molecule has 8 nitrogen and oxygen atoms in total. The Balaban J connectivity index is 2.19. The zero-order chi connectivity index (χ0) is 23.7. The van der Waals surface area contributed by atoms with Gasteiger partial charge in [-0.1, -0.05) is 6.07 Å². The summed E-state index contributed by atoms with van der Waals surface area (Å²) >= 11 is 0. The maximum atomic E-state index is 12.5. The Kier molecular flexibility index (Phi) is 8.78. The highest BCUT2D eigenvalue weighted by atomic mass is 16.5. The van der Waals surface area contributed by atoms with Crippen LogP contribution < -0.4 is 29.0 Å². The molecule has 0 spiro atoms. The van der Waals surface area contributed by atoms with Gasteiger partial charge in [-0.3, -0.25) is 4.79 Å². The fraction of sp³-hybridized carbons (Fsp3) is 0.333. The molecule has 1 atom stereocenters. The number of nitrogens with zero attached hydrogens (tertiary/aromatic N) is 1. The van der Waals surface area contributed by atoms with Gasteiger partial charge in [-0.2, -0.15) is 5.26 Å². The van der Waals surface area contributed by atoms with Gasteiger partial charge < -0.3 is 29.0 Å². The van der Waals surface area contributed by atoms with Gasteiger partial charge in [-0.05, 0) is 55.3 Å². The van der Waals surface area contributed by atoms with E-state index in [-0.39, 0.29) is 6.10 Å². The SMILES string of the molecule is COc1cc(/C=C/C(=O)NC(C#N)c2cc(OC)c(OC)c(OC)c2)ccc1OC(C)C. The third kappa shape index (κ3) is 6.08. The summed E-state index contributed by atoms with van der Waals surface area (Å²) in [5.41, 5.74) is 1.25. The average Bonchev–Trinajstić information content (AvgIpc) is 2.80. The number of nitriles is 1. The minimum atomic E-state index is -0.919. The van der Waals surface area contributed by atoms with E-state index in [1.807, 2.05) is 19.9 Å². The van der Waals surface area contributed by atoms with Gasteiger partial charge in [0.25, 0.3) is 0 Å². The fourth-order valence-corrected chi connectivity index (χ4v) is 2.96. The van der Waals surface area contributed by atoms with E-state index in [4.69, 9.17) is 23.7 Å². The second kappa shape index (κ2) is 11.5. The van der Waals surface area contributed by atoms with Gasteiger partial charge in [0.2, 0.25) is 11.7 Å². The zero-order valence-corrected chi connectivity index (χ0v) is 19.1. The molecule has 1 amide bonds. The quantitative estimate of drug-likeness (QED) is 0.559. The van der Waals surface area contributed by atoms with Crippen molar-refractivity contribution in [2.24, 2.45) is 0 Å². The summed E-state index contributed by atoms with van der Waals surface area (Å²) in [5, 5.41) is 12.3. The van der Waals surface area contributed by atoms with E-state index < -0.39 is 11.9 Å². The van der Waals surface area contributed by atoms with Crippen LogP contribution in [-0.2, 0) is 4.79 Å². The molecule has 2 aromatic rings. The molecule has 0 bridgehead atoms. The lowest BCUT2D eigenvalue weighted by Gasteiger charge is -2.17. The smallest absolute Gasteiger partial charge is 0.245 e. The summed E-state index contributed by atoms with van der Waals surface area (Å²) in [6, 6.07) is 9.76. The van der Waals surface area contributed by atoms with Crippen molar-refractivity contribution in [2.75, 3.05) is 28.4 Å². The van der Waals surface area contributed by atoms with Gasteiger partial charge in [-0.15, -0.1) is 0 Å². The van der Waals surface area contributed by atoms with E-state index >= 15 is 0 Å². The molecule has 170 valence electrons. The highest BCUT2D eigenvalue weighted by molar-refractivity contribution is 5.92. The topological polar surface area (TPSA) is 99.0 Å². The summed E-state index contributed by atoms with van der Waals surface area (Å²) in [5.74, 6) is 1.93. The molecular formula is C24H28N2O6.